The van der Waals surface area contributed by atoms with Crippen LogP contribution in [0.15, 0.2) is 70.8 Å². The summed E-state index contributed by atoms with van der Waals surface area (Å²) in [5.74, 6) is -0.0614. The van der Waals surface area contributed by atoms with Gasteiger partial charge in [-0.05, 0) is 29.7 Å². The summed E-state index contributed by atoms with van der Waals surface area (Å²) in [6.45, 7) is 1.63. The SMILES string of the molecule is Cn1c(=O)c2c(ncn2CCCC(=O)NCc2ccc(Cn3cnc4ccccc43)cc2)n(C)c1=O. The Labute approximate surface area is 206 Å². The van der Waals surface area contributed by atoms with Crippen LogP contribution in [-0.2, 0) is 38.5 Å². The van der Waals surface area contributed by atoms with E-state index in [0.717, 1.165) is 33.3 Å². The Morgan fingerprint density at radius 3 is 2.42 bits per heavy atom. The number of hydrogen-bond donors (Lipinski definition) is 1. The Bertz CT molecular complexity index is 1670. The van der Waals surface area contributed by atoms with E-state index in [-0.39, 0.29) is 11.5 Å². The van der Waals surface area contributed by atoms with Gasteiger partial charge >= 0.3 is 5.69 Å². The predicted octanol–water partition coefficient (Wildman–Crippen LogP) is 1.93. The number of rotatable bonds is 8. The quantitative estimate of drug-likeness (QED) is 0.361. The van der Waals surface area contributed by atoms with E-state index in [1.54, 1.807) is 11.6 Å². The summed E-state index contributed by atoms with van der Waals surface area (Å²) in [6, 6.07) is 16.2. The molecule has 10 heteroatoms. The standard InChI is InChI=1S/C26H27N7O3/c1-30-24-23(25(35)31(2)26(30)36)32(17-29-24)13-5-8-22(34)27-14-18-9-11-19(12-10-18)15-33-16-28-20-6-3-4-7-21(20)33/h3-4,6-7,9-12,16-17H,5,8,13-15H2,1-2H3,(H,27,34). The zero-order valence-corrected chi connectivity index (χ0v) is 20.2. The molecule has 5 rings (SSSR count). The van der Waals surface area contributed by atoms with Gasteiger partial charge in [-0.25, -0.2) is 14.8 Å². The normalized spacial score (nSPS) is 11.4. The molecular weight excluding hydrogens is 458 g/mol. The van der Waals surface area contributed by atoms with Crippen LogP contribution in [0.5, 0.6) is 0 Å². The first kappa shape index (κ1) is 23.3. The first-order chi connectivity index (χ1) is 17.4. The van der Waals surface area contributed by atoms with Gasteiger partial charge in [-0.1, -0.05) is 36.4 Å². The number of nitrogens with zero attached hydrogens (tertiary/aromatic N) is 6. The number of nitrogens with one attached hydrogen (secondary N) is 1. The van der Waals surface area contributed by atoms with Crippen molar-refractivity contribution in [1.82, 2.24) is 33.6 Å². The van der Waals surface area contributed by atoms with Crippen molar-refractivity contribution in [3.8, 4) is 0 Å². The van der Waals surface area contributed by atoms with Crippen LogP contribution in [0.25, 0.3) is 22.2 Å². The molecule has 0 spiro atoms. The lowest BCUT2D eigenvalue weighted by Gasteiger charge is -2.09. The van der Waals surface area contributed by atoms with Crippen LogP contribution in [0.1, 0.15) is 24.0 Å². The molecule has 0 unspecified atom stereocenters. The molecule has 36 heavy (non-hydrogen) atoms. The predicted molar refractivity (Wildman–Crippen MR) is 137 cm³/mol. The number of amides is 1. The molecule has 5 aromatic rings. The molecule has 0 saturated heterocycles. The first-order valence-corrected chi connectivity index (χ1v) is 11.8. The molecule has 0 radical (unpaired) electrons. The van der Waals surface area contributed by atoms with E-state index in [9.17, 15) is 14.4 Å². The average Bonchev–Trinajstić information content (AvgIpc) is 3.50. The highest BCUT2D eigenvalue weighted by molar-refractivity contribution is 5.76. The molecule has 184 valence electrons. The Morgan fingerprint density at radius 2 is 1.61 bits per heavy atom. The van der Waals surface area contributed by atoms with Gasteiger partial charge in [0.05, 0.1) is 23.7 Å². The topological polar surface area (TPSA) is 109 Å². The van der Waals surface area contributed by atoms with Crippen LogP contribution in [0, 0.1) is 0 Å². The smallest absolute Gasteiger partial charge is 0.332 e. The number of hydrogen-bond acceptors (Lipinski definition) is 5. The molecule has 0 bridgehead atoms. The lowest BCUT2D eigenvalue weighted by Crippen LogP contribution is -2.37. The third kappa shape index (κ3) is 4.45. The molecule has 2 aromatic carbocycles. The van der Waals surface area contributed by atoms with Crippen molar-refractivity contribution in [2.45, 2.75) is 32.5 Å². The van der Waals surface area contributed by atoms with Gasteiger partial charge in [0.2, 0.25) is 5.91 Å². The van der Waals surface area contributed by atoms with Gasteiger partial charge in [0.1, 0.15) is 0 Å². The van der Waals surface area contributed by atoms with Gasteiger partial charge in [-0.15, -0.1) is 0 Å². The molecule has 0 aliphatic rings. The monoisotopic (exact) mass is 485 g/mol. The van der Waals surface area contributed by atoms with Gasteiger partial charge in [0.15, 0.2) is 11.2 Å². The van der Waals surface area contributed by atoms with E-state index in [1.165, 1.54) is 17.9 Å². The van der Waals surface area contributed by atoms with Gasteiger partial charge in [0, 0.05) is 40.2 Å². The summed E-state index contributed by atoms with van der Waals surface area (Å²) in [7, 11) is 3.03. The molecule has 0 atom stereocenters. The summed E-state index contributed by atoms with van der Waals surface area (Å²) < 4.78 is 6.23. The van der Waals surface area contributed by atoms with Crippen LogP contribution in [0.4, 0.5) is 0 Å². The maximum absolute atomic E-state index is 12.5. The molecule has 0 aliphatic heterocycles. The number of benzene rings is 2. The molecule has 3 aromatic heterocycles. The van der Waals surface area contributed by atoms with Gasteiger partial charge in [-0.3, -0.25) is 18.7 Å². The van der Waals surface area contributed by atoms with Gasteiger partial charge in [-0.2, -0.15) is 0 Å². The summed E-state index contributed by atoms with van der Waals surface area (Å²) in [5.41, 5.74) is 4.16. The van der Waals surface area contributed by atoms with Crippen LogP contribution < -0.4 is 16.6 Å². The molecule has 0 aliphatic carbocycles. The fourth-order valence-electron chi connectivity index (χ4n) is 4.36. The van der Waals surface area contributed by atoms with Crippen LogP contribution in [0.3, 0.4) is 0 Å². The van der Waals surface area contributed by atoms with Crippen molar-refractivity contribution < 1.29 is 4.79 Å². The lowest BCUT2D eigenvalue weighted by molar-refractivity contribution is -0.121. The summed E-state index contributed by atoms with van der Waals surface area (Å²) in [5, 5.41) is 2.95. The number of imidazole rings is 2. The van der Waals surface area contributed by atoms with Gasteiger partial charge < -0.3 is 14.5 Å². The van der Waals surface area contributed by atoms with E-state index in [2.05, 4.69) is 38.1 Å². The summed E-state index contributed by atoms with van der Waals surface area (Å²) >= 11 is 0. The van der Waals surface area contributed by atoms with Crippen molar-refractivity contribution in [3.63, 3.8) is 0 Å². The largest absolute Gasteiger partial charge is 0.352 e. The maximum Gasteiger partial charge on any atom is 0.332 e. The minimum Gasteiger partial charge on any atom is -0.352 e. The van der Waals surface area contributed by atoms with Crippen molar-refractivity contribution in [3.05, 3.63) is 93.2 Å². The highest BCUT2D eigenvalue weighted by Gasteiger charge is 2.14. The van der Waals surface area contributed by atoms with Crippen LogP contribution in [-0.4, -0.2) is 34.1 Å². The highest BCUT2D eigenvalue weighted by Crippen LogP contribution is 2.15. The van der Waals surface area contributed by atoms with Crippen molar-refractivity contribution >= 4 is 28.1 Å². The second-order valence-electron chi connectivity index (χ2n) is 8.87. The minimum atomic E-state index is -0.416. The summed E-state index contributed by atoms with van der Waals surface area (Å²) in [6.07, 6.45) is 4.25. The van der Waals surface area contributed by atoms with E-state index in [0.29, 0.717) is 37.1 Å². The third-order valence-corrected chi connectivity index (χ3v) is 6.41. The van der Waals surface area contributed by atoms with E-state index >= 15 is 0 Å². The Balaban J connectivity index is 1.13. The van der Waals surface area contributed by atoms with Crippen molar-refractivity contribution in [2.24, 2.45) is 14.1 Å². The number of para-hydroxylation sites is 2. The molecule has 0 saturated carbocycles. The molecular formula is C26H27N7O3. The summed E-state index contributed by atoms with van der Waals surface area (Å²) in [4.78, 5) is 45.6. The zero-order valence-electron chi connectivity index (χ0n) is 20.2. The fourth-order valence-corrected chi connectivity index (χ4v) is 4.36. The van der Waals surface area contributed by atoms with Gasteiger partial charge in [0.25, 0.3) is 5.56 Å². The number of carbonyl (C=O) groups excluding carboxylic acids is 1. The number of fused-ring (bicyclic) bond motifs is 2. The molecule has 0 fully saturated rings. The first-order valence-electron chi connectivity index (χ1n) is 11.8. The molecule has 1 amide bonds. The second kappa shape index (κ2) is 9.65. The van der Waals surface area contributed by atoms with E-state index < -0.39 is 5.69 Å². The van der Waals surface area contributed by atoms with Crippen LogP contribution >= 0.6 is 0 Å². The average molecular weight is 486 g/mol. The Kier molecular flexibility index (Phi) is 6.24. The van der Waals surface area contributed by atoms with Crippen molar-refractivity contribution in [1.29, 1.82) is 0 Å². The van der Waals surface area contributed by atoms with E-state index in [4.69, 9.17) is 0 Å². The zero-order chi connectivity index (χ0) is 25.2. The van der Waals surface area contributed by atoms with Crippen molar-refractivity contribution in [2.75, 3.05) is 0 Å². The van der Waals surface area contributed by atoms with E-state index in [1.807, 2.05) is 36.7 Å². The van der Waals surface area contributed by atoms with Crippen LogP contribution in [0.2, 0.25) is 0 Å². The Morgan fingerprint density at radius 1 is 0.889 bits per heavy atom. The Hall–Kier alpha value is -4.47. The number of aryl methyl sites for hydroxylation is 2. The molecule has 1 N–H and O–H groups in total. The maximum atomic E-state index is 12.5. The second-order valence-corrected chi connectivity index (χ2v) is 8.87. The minimum absolute atomic E-state index is 0.0614. The number of aromatic nitrogens is 6. The number of carbonyl (C=O) groups is 1. The third-order valence-electron chi connectivity index (χ3n) is 6.41. The lowest BCUT2D eigenvalue weighted by atomic mass is 10.1. The molecule has 10 nitrogen and oxygen atoms in total. The fraction of sp³-hybridized carbons (Fsp3) is 0.269. The molecule has 3 heterocycles. The highest BCUT2D eigenvalue weighted by atomic mass is 16.2.